The van der Waals surface area contributed by atoms with Crippen molar-refractivity contribution in [2.24, 2.45) is 16.0 Å². The van der Waals surface area contributed by atoms with E-state index in [0.29, 0.717) is 24.3 Å². The summed E-state index contributed by atoms with van der Waals surface area (Å²) in [5.41, 5.74) is 6.01. The third kappa shape index (κ3) is 4.14. The fraction of sp³-hybridized carbons (Fsp3) is 0.125. The van der Waals surface area contributed by atoms with Gasteiger partial charge in [-0.05, 0) is 36.4 Å². The number of nitrogens with two attached hydrogens (primary N) is 1. The first-order chi connectivity index (χ1) is 11.5. The molecule has 0 aliphatic carbocycles. The van der Waals surface area contributed by atoms with E-state index in [1.807, 2.05) is 0 Å². The van der Waals surface area contributed by atoms with E-state index in [1.54, 1.807) is 24.3 Å². The van der Waals surface area contributed by atoms with Crippen molar-refractivity contribution in [3.8, 4) is 5.75 Å². The van der Waals surface area contributed by atoms with Crippen LogP contribution < -0.4 is 11.1 Å². The molecule has 0 heterocycles. The lowest BCUT2D eigenvalue weighted by molar-refractivity contribution is 0.0693. The molecule has 0 aliphatic heterocycles. The fourth-order valence-corrected chi connectivity index (χ4v) is 1.86. The third-order valence-corrected chi connectivity index (χ3v) is 3.08. The Bertz CT molecular complexity index is 772. The summed E-state index contributed by atoms with van der Waals surface area (Å²) in [5.74, 6) is -1.94. The number of nitrogens with zero attached hydrogens (tertiary/aromatic N) is 2. The van der Waals surface area contributed by atoms with Crippen LogP contribution in [0.15, 0.2) is 52.7 Å². The molecule has 0 fully saturated rings. The van der Waals surface area contributed by atoms with Gasteiger partial charge in [-0.15, -0.1) is 5.11 Å². The molecule has 0 aliphatic rings. The Labute approximate surface area is 137 Å². The number of aromatic carboxylic acids is 1. The molecule has 2 aromatic carbocycles. The topological polar surface area (TPSA) is 137 Å². The maximum Gasteiger partial charge on any atom is 0.339 e. The molecule has 0 saturated heterocycles. The summed E-state index contributed by atoms with van der Waals surface area (Å²) in [7, 11) is 0. The molecule has 2 rings (SSSR count). The lowest BCUT2D eigenvalue weighted by Crippen LogP contribution is -2.28. The van der Waals surface area contributed by atoms with Crippen molar-refractivity contribution in [3.63, 3.8) is 0 Å². The smallest absolute Gasteiger partial charge is 0.339 e. The highest BCUT2D eigenvalue weighted by Gasteiger charge is 2.12. The van der Waals surface area contributed by atoms with Gasteiger partial charge in [0.2, 0.25) is 0 Å². The minimum Gasteiger partial charge on any atom is -0.505 e. The molecule has 0 aromatic heterocycles. The molecule has 1 amide bonds. The average Bonchev–Trinajstić information content (AvgIpc) is 2.59. The van der Waals surface area contributed by atoms with Gasteiger partial charge in [0.15, 0.2) is 5.75 Å². The molecule has 0 saturated carbocycles. The van der Waals surface area contributed by atoms with Gasteiger partial charge >= 0.3 is 5.97 Å². The molecule has 0 radical (unpaired) electrons. The minimum absolute atomic E-state index is 0.0414. The highest BCUT2D eigenvalue weighted by atomic mass is 16.4. The maximum absolute atomic E-state index is 11.7. The summed E-state index contributed by atoms with van der Waals surface area (Å²) in [6.07, 6.45) is 0. The molecule has 0 unspecified atom stereocenters. The van der Waals surface area contributed by atoms with E-state index in [1.165, 1.54) is 18.2 Å². The largest absolute Gasteiger partial charge is 0.505 e. The Morgan fingerprint density at radius 3 is 2.42 bits per heavy atom. The molecule has 124 valence electrons. The number of nitrogens with one attached hydrogen (secondary N) is 1. The van der Waals surface area contributed by atoms with Crippen LogP contribution in [-0.2, 0) is 0 Å². The van der Waals surface area contributed by atoms with E-state index in [0.717, 1.165) is 0 Å². The van der Waals surface area contributed by atoms with Crippen LogP contribution in [0.3, 0.4) is 0 Å². The normalized spacial score (nSPS) is 10.7. The first-order valence-corrected chi connectivity index (χ1v) is 7.08. The number of amides is 1. The Hall–Kier alpha value is -3.26. The maximum atomic E-state index is 11.7. The van der Waals surface area contributed by atoms with Crippen molar-refractivity contribution in [3.05, 3.63) is 53.6 Å². The first kappa shape index (κ1) is 17.1. The lowest BCUT2D eigenvalue weighted by atomic mass is 10.2. The van der Waals surface area contributed by atoms with E-state index in [4.69, 9.17) is 10.8 Å². The van der Waals surface area contributed by atoms with E-state index in [9.17, 15) is 14.7 Å². The predicted octanol–water partition coefficient (Wildman–Crippen LogP) is 2.19. The Morgan fingerprint density at radius 2 is 1.79 bits per heavy atom. The quantitative estimate of drug-likeness (QED) is 0.602. The van der Waals surface area contributed by atoms with Gasteiger partial charge in [0, 0.05) is 18.7 Å². The zero-order chi connectivity index (χ0) is 17.5. The van der Waals surface area contributed by atoms with Gasteiger partial charge in [-0.25, -0.2) is 4.79 Å². The van der Waals surface area contributed by atoms with E-state index in [2.05, 4.69) is 15.5 Å². The van der Waals surface area contributed by atoms with Crippen molar-refractivity contribution in [1.82, 2.24) is 5.32 Å². The van der Waals surface area contributed by atoms with Crippen LogP contribution in [0.4, 0.5) is 11.4 Å². The average molecular weight is 328 g/mol. The zero-order valence-corrected chi connectivity index (χ0v) is 12.6. The van der Waals surface area contributed by atoms with E-state index in [-0.39, 0.29) is 17.2 Å². The molecule has 24 heavy (non-hydrogen) atoms. The van der Waals surface area contributed by atoms with Crippen molar-refractivity contribution >= 4 is 23.3 Å². The standard InChI is InChI=1S/C16H16N4O4/c17-8-9-18-15(22)10-4-6-11(7-5-10)19-20-13-3-1-2-12(14(13)21)16(23)24/h1-7,21H,8-9,17H2,(H,18,22)(H,23,24). The SMILES string of the molecule is NCCNC(=O)c1ccc(N=Nc2cccc(C(=O)O)c2O)cc1. The van der Waals surface area contributed by atoms with Gasteiger partial charge in [0.1, 0.15) is 11.3 Å². The van der Waals surface area contributed by atoms with E-state index >= 15 is 0 Å². The number of carboxylic acid groups (broad SMARTS) is 1. The fourth-order valence-electron chi connectivity index (χ4n) is 1.86. The summed E-state index contributed by atoms with van der Waals surface area (Å²) >= 11 is 0. The monoisotopic (exact) mass is 328 g/mol. The number of hydrogen-bond donors (Lipinski definition) is 4. The van der Waals surface area contributed by atoms with Gasteiger partial charge in [-0.3, -0.25) is 4.79 Å². The summed E-state index contributed by atoms with van der Waals surface area (Å²) in [6.45, 7) is 0.746. The first-order valence-electron chi connectivity index (χ1n) is 7.08. The summed E-state index contributed by atoms with van der Waals surface area (Å²) in [6, 6.07) is 10.5. The van der Waals surface area contributed by atoms with Crippen molar-refractivity contribution < 1.29 is 19.8 Å². The summed E-state index contributed by atoms with van der Waals surface area (Å²) in [4.78, 5) is 22.7. The van der Waals surface area contributed by atoms with Gasteiger partial charge in [-0.2, -0.15) is 5.11 Å². The molecule has 0 atom stereocenters. The van der Waals surface area contributed by atoms with Crippen LogP contribution in [0.5, 0.6) is 5.75 Å². The molecular formula is C16H16N4O4. The predicted molar refractivity (Wildman–Crippen MR) is 87.1 cm³/mol. The number of carboxylic acids is 1. The molecule has 2 aromatic rings. The second kappa shape index (κ2) is 7.84. The van der Waals surface area contributed by atoms with E-state index < -0.39 is 11.7 Å². The Morgan fingerprint density at radius 1 is 1.08 bits per heavy atom. The van der Waals surface area contributed by atoms with Gasteiger partial charge < -0.3 is 21.3 Å². The van der Waals surface area contributed by atoms with Crippen LogP contribution in [0.2, 0.25) is 0 Å². The second-order valence-electron chi connectivity index (χ2n) is 4.77. The van der Waals surface area contributed by atoms with Crippen LogP contribution in [-0.4, -0.2) is 35.2 Å². The molecule has 5 N–H and O–H groups in total. The van der Waals surface area contributed by atoms with Crippen LogP contribution in [0, 0.1) is 0 Å². The molecular weight excluding hydrogens is 312 g/mol. The van der Waals surface area contributed by atoms with Crippen molar-refractivity contribution in [2.45, 2.75) is 0 Å². The Kier molecular flexibility index (Phi) is 5.58. The number of carbonyl (C=O) groups is 2. The summed E-state index contributed by atoms with van der Waals surface area (Å²) < 4.78 is 0. The number of hydrogen-bond acceptors (Lipinski definition) is 6. The highest BCUT2D eigenvalue weighted by Crippen LogP contribution is 2.31. The molecule has 8 nitrogen and oxygen atoms in total. The van der Waals surface area contributed by atoms with Gasteiger partial charge in [0.05, 0.1) is 5.69 Å². The van der Waals surface area contributed by atoms with Crippen molar-refractivity contribution in [1.29, 1.82) is 0 Å². The lowest BCUT2D eigenvalue weighted by Gasteiger charge is -2.03. The number of benzene rings is 2. The molecule has 0 spiro atoms. The van der Waals surface area contributed by atoms with Crippen LogP contribution in [0.25, 0.3) is 0 Å². The molecule has 0 bridgehead atoms. The van der Waals surface area contributed by atoms with Gasteiger partial charge in [0.25, 0.3) is 5.91 Å². The van der Waals surface area contributed by atoms with Crippen LogP contribution >= 0.6 is 0 Å². The van der Waals surface area contributed by atoms with Gasteiger partial charge in [-0.1, -0.05) is 6.07 Å². The number of aromatic hydroxyl groups is 1. The van der Waals surface area contributed by atoms with Crippen molar-refractivity contribution in [2.75, 3.05) is 13.1 Å². The zero-order valence-electron chi connectivity index (χ0n) is 12.6. The third-order valence-electron chi connectivity index (χ3n) is 3.08. The number of phenols is 1. The van der Waals surface area contributed by atoms with Crippen LogP contribution in [0.1, 0.15) is 20.7 Å². The number of carbonyl (C=O) groups excluding carboxylic acids is 1. The summed E-state index contributed by atoms with van der Waals surface area (Å²) in [5, 5.41) is 29.2. The second-order valence-corrected chi connectivity index (χ2v) is 4.77. The highest BCUT2D eigenvalue weighted by molar-refractivity contribution is 5.94. The number of para-hydroxylation sites is 1. The number of azo groups is 1. The minimum atomic E-state index is -1.25. The molecule has 8 heteroatoms. The Balaban J connectivity index is 2.14. The number of rotatable bonds is 6.